The molecule has 0 bridgehead atoms. The lowest BCUT2D eigenvalue weighted by Gasteiger charge is -2.23. The van der Waals surface area contributed by atoms with Crippen molar-refractivity contribution in [2.45, 2.75) is 44.2 Å². The van der Waals surface area contributed by atoms with E-state index in [-0.39, 0.29) is 29.3 Å². The molecular formula is C14H19ClN2O4. The van der Waals surface area contributed by atoms with Gasteiger partial charge in [-0.15, -0.1) is 0 Å². The molecule has 2 aliphatic rings. The van der Waals surface area contributed by atoms with Gasteiger partial charge in [0.2, 0.25) is 0 Å². The maximum Gasteiger partial charge on any atom is 0.329 e. The number of rotatable bonds is 3. The number of nitrogens with one attached hydrogen (secondary N) is 1. The third-order valence-electron chi connectivity index (χ3n) is 4.21. The van der Waals surface area contributed by atoms with Crippen LogP contribution in [0.15, 0.2) is 9.59 Å². The molecule has 3 rings (SSSR count). The average molecular weight is 315 g/mol. The van der Waals surface area contributed by atoms with E-state index in [4.69, 9.17) is 21.1 Å². The molecule has 1 aromatic rings. The molecule has 116 valence electrons. The predicted octanol–water partition coefficient (Wildman–Crippen LogP) is 1.26. The van der Waals surface area contributed by atoms with E-state index in [2.05, 4.69) is 4.98 Å². The Hall–Kier alpha value is -1.11. The summed E-state index contributed by atoms with van der Waals surface area (Å²) in [5.41, 5.74) is -0.226. The Morgan fingerprint density at radius 2 is 2.00 bits per heavy atom. The standard InChI is InChI=1S/C14H19ClN2O4/c15-12-11(9-3-1-2-4-9)13(18)17(14(19)16-12)7-10-8-20-5-6-21-10/h9-10H,1-8H2,(H,16,19). The highest BCUT2D eigenvalue weighted by molar-refractivity contribution is 6.30. The number of aromatic amines is 1. The van der Waals surface area contributed by atoms with Gasteiger partial charge >= 0.3 is 5.69 Å². The van der Waals surface area contributed by atoms with Crippen molar-refractivity contribution in [1.29, 1.82) is 0 Å². The Labute approximate surface area is 127 Å². The third-order valence-corrected chi connectivity index (χ3v) is 4.51. The van der Waals surface area contributed by atoms with Gasteiger partial charge in [0.1, 0.15) is 5.15 Å². The van der Waals surface area contributed by atoms with Crippen molar-refractivity contribution in [3.05, 3.63) is 31.6 Å². The van der Waals surface area contributed by atoms with Crippen LogP contribution >= 0.6 is 11.6 Å². The second-order valence-corrected chi connectivity index (χ2v) is 6.00. The minimum Gasteiger partial charge on any atom is -0.376 e. The van der Waals surface area contributed by atoms with Crippen molar-refractivity contribution in [1.82, 2.24) is 9.55 Å². The van der Waals surface area contributed by atoms with Crippen molar-refractivity contribution in [3.8, 4) is 0 Å². The van der Waals surface area contributed by atoms with Gasteiger partial charge in [-0.2, -0.15) is 0 Å². The molecule has 1 aromatic heterocycles. The van der Waals surface area contributed by atoms with Crippen molar-refractivity contribution in [3.63, 3.8) is 0 Å². The second-order valence-electron chi connectivity index (χ2n) is 5.62. The Morgan fingerprint density at radius 1 is 1.24 bits per heavy atom. The predicted molar refractivity (Wildman–Crippen MR) is 78.1 cm³/mol. The number of aromatic nitrogens is 2. The van der Waals surface area contributed by atoms with Crippen LogP contribution in [0.1, 0.15) is 37.2 Å². The number of hydrogen-bond acceptors (Lipinski definition) is 4. The first-order chi connectivity index (χ1) is 10.2. The Morgan fingerprint density at radius 3 is 2.67 bits per heavy atom. The molecule has 2 heterocycles. The molecule has 1 unspecified atom stereocenters. The number of H-pyrrole nitrogens is 1. The van der Waals surface area contributed by atoms with Crippen LogP contribution < -0.4 is 11.2 Å². The summed E-state index contributed by atoms with van der Waals surface area (Å²) in [5.74, 6) is 0.150. The normalized spacial score (nSPS) is 23.6. The third kappa shape index (κ3) is 3.07. The van der Waals surface area contributed by atoms with E-state index >= 15 is 0 Å². The number of hydrogen-bond donors (Lipinski definition) is 1. The Kier molecular flexibility index (Phi) is 4.47. The molecule has 1 atom stereocenters. The highest BCUT2D eigenvalue weighted by Crippen LogP contribution is 2.34. The number of ether oxygens (including phenoxy) is 2. The number of halogens is 1. The van der Waals surface area contributed by atoms with E-state index in [0.29, 0.717) is 25.4 Å². The van der Waals surface area contributed by atoms with E-state index in [1.807, 2.05) is 0 Å². The largest absolute Gasteiger partial charge is 0.376 e. The van der Waals surface area contributed by atoms with Crippen LogP contribution in [-0.4, -0.2) is 35.5 Å². The van der Waals surface area contributed by atoms with E-state index < -0.39 is 5.69 Å². The molecule has 2 fully saturated rings. The van der Waals surface area contributed by atoms with Crippen molar-refractivity contribution in [2.24, 2.45) is 0 Å². The Bertz CT molecular complexity index is 612. The molecule has 1 saturated carbocycles. The quantitative estimate of drug-likeness (QED) is 0.853. The van der Waals surface area contributed by atoms with E-state index in [0.717, 1.165) is 25.7 Å². The van der Waals surface area contributed by atoms with Gasteiger partial charge in [0.25, 0.3) is 5.56 Å². The van der Waals surface area contributed by atoms with Crippen LogP contribution in [0.25, 0.3) is 0 Å². The fraction of sp³-hybridized carbons (Fsp3) is 0.714. The summed E-state index contributed by atoms with van der Waals surface area (Å²) in [7, 11) is 0. The van der Waals surface area contributed by atoms with Gasteiger partial charge in [-0.25, -0.2) is 4.79 Å². The zero-order valence-electron chi connectivity index (χ0n) is 11.8. The van der Waals surface area contributed by atoms with Crippen LogP contribution in [0.4, 0.5) is 0 Å². The van der Waals surface area contributed by atoms with Crippen LogP contribution in [0, 0.1) is 0 Å². The smallest absolute Gasteiger partial charge is 0.329 e. The van der Waals surface area contributed by atoms with Gasteiger partial charge in [0.15, 0.2) is 0 Å². The molecule has 1 saturated heterocycles. The molecule has 1 N–H and O–H groups in total. The monoisotopic (exact) mass is 314 g/mol. The molecule has 0 amide bonds. The maximum atomic E-state index is 12.6. The summed E-state index contributed by atoms with van der Waals surface area (Å²) < 4.78 is 12.0. The first kappa shape index (κ1) is 14.8. The minimum atomic E-state index is -0.485. The lowest BCUT2D eigenvalue weighted by molar-refractivity contribution is -0.0942. The lowest BCUT2D eigenvalue weighted by Crippen LogP contribution is -2.43. The van der Waals surface area contributed by atoms with Crippen LogP contribution in [0.5, 0.6) is 0 Å². The van der Waals surface area contributed by atoms with Gasteiger partial charge in [0, 0.05) is 0 Å². The summed E-state index contributed by atoms with van der Waals surface area (Å²) in [5, 5.41) is 0.189. The van der Waals surface area contributed by atoms with Gasteiger partial charge < -0.3 is 9.47 Å². The van der Waals surface area contributed by atoms with E-state index in [1.165, 1.54) is 4.57 Å². The molecule has 0 radical (unpaired) electrons. The zero-order valence-corrected chi connectivity index (χ0v) is 12.5. The van der Waals surface area contributed by atoms with Gasteiger partial charge in [0.05, 0.1) is 38.0 Å². The molecule has 0 aromatic carbocycles. The molecule has 1 aliphatic heterocycles. The summed E-state index contributed by atoms with van der Waals surface area (Å²) in [6.45, 7) is 1.63. The molecular weight excluding hydrogens is 296 g/mol. The fourth-order valence-corrected chi connectivity index (χ4v) is 3.46. The van der Waals surface area contributed by atoms with Crippen molar-refractivity contribution in [2.75, 3.05) is 19.8 Å². The van der Waals surface area contributed by atoms with Crippen molar-refractivity contribution >= 4 is 11.6 Å². The van der Waals surface area contributed by atoms with Crippen LogP contribution in [0.2, 0.25) is 5.15 Å². The highest BCUT2D eigenvalue weighted by Gasteiger charge is 2.26. The first-order valence-electron chi connectivity index (χ1n) is 7.38. The van der Waals surface area contributed by atoms with Gasteiger partial charge in [-0.05, 0) is 18.8 Å². The second kappa shape index (κ2) is 6.34. The zero-order chi connectivity index (χ0) is 14.8. The van der Waals surface area contributed by atoms with Gasteiger partial charge in [-0.1, -0.05) is 24.4 Å². The highest BCUT2D eigenvalue weighted by atomic mass is 35.5. The molecule has 6 nitrogen and oxygen atoms in total. The topological polar surface area (TPSA) is 73.3 Å². The first-order valence-corrected chi connectivity index (χ1v) is 7.76. The summed E-state index contributed by atoms with van der Waals surface area (Å²) in [6.07, 6.45) is 3.82. The molecule has 0 spiro atoms. The fourth-order valence-electron chi connectivity index (χ4n) is 3.14. The molecule has 21 heavy (non-hydrogen) atoms. The SMILES string of the molecule is O=c1[nH]c(Cl)c(C2CCCC2)c(=O)n1CC1COCCO1. The lowest BCUT2D eigenvalue weighted by atomic mass is 10.0. The van der Waals surface area contributed by atoms with Gasteiger partial charge in [-0.3, -0.25) is 14.3 Å². The minimum absolute atomic E-state index is 0.150. The van der Waals surface area contributed by atoms with Crippen LogP contribution in [0.3, 0.4) is 0 Å². The van der Waals surface area contributed by atoms with E-state index in [9.17, 15) is 9.59 Å². The maximum absolute atomic E-state index is 12.6. The Balaban J connectivity index is 1.93. The van der Waals surface area contributed by atoms with E-state index in [1.54, 1.807) is 0 Å². The molecule has 7 heteroatoms. The summed E-state index contributed by atoms with van der Waals surface area (Å²) >= 11 is 6.10. The molecule has 1 aliphatic carbocycles. The summed E-state index contributed by atoms with van der Waals surface area (Å²) in [4.78, 5) is 27.3. The van der Waals surface area contributed by atoms with Crippen LogP contribution in [-0.2, 0) is 16.0 Å². The summed E-state index contributed by atoms with van der Waals surface area (Å²) in [6, 6.07) is 0. The average Bonchev–Trinajstić information content (AvgIpc) is 2.98. The number of nitrogens with zero attached hydrogens (tertiary/aromatic N) is 1. The van der Waals surface area contributed by atoms with Crippen molar-refractivity contribution < 1.29 is 9.47 Å².